The molecule has 214 valence electrons. The number of thiazole rings is 1. The fourth-order valence-corrected chi connectivity index (χ4v) is 7.39. The maximum Gasteiger partial charge on any atom is 0.341 e. The van der Waals surface area contributed by atoms with E-state index in [1.165, 1.54) is 16.5 Å². The summed E-state index contributed by atoms with van der Waals surface area (Å²) in [5.41, 5.74) is 7.17. The highest BCUT2D eigenvalue weighted by atomic mass is 35.5. The van der Waals surface area contributed by atoms with Crippen molar-refractivity contribution < 1.29 is 19.0 Å². The molecule has 0 amide bonds. The molecule has 5 aromatic rings. The number of benzene rings is 4. The van der Waals surface area contributed by atoms with E-state index in [1.807, 2.05) is 37.3 Å². The SMILES string of the molecule is Cc1ccc(-c2nc(C)c(C(Cc3ccc(-c4ccc(F)c(Cl)c4)cc3)Sc3ccc(OCC(=O)O)c(C)c3)s2)cc1. The lowest BCUT2D eigenvalue weighted by Gasteiger charge is -2.18. The number of aliphatic carboxylic acids is 1. The van der Waals surface area contributed by atoms with Crippen molar-refractivity contribution in [2.75, 3.05) is 6.61 Å². The van der Waals surface area contributed by atoms with E-state index < -0.39 is 11.8 Å². The molecule has 0 fully saturated rings. The first kappa shape index (κ1) is 29.8. The Morgan fingerprint density at radius 3 is 2.31 bits per heavy atom. The molecule has 1 unspecified atom stereocenters. The fraction of sp³-hybridized carbons (Fsp3) is 0.176. The van der Waals surface area contributed by atoms with Crippen LogP contribution < -0.4 is 4.74 Å². The van der Waals surface area contributed by atoms with Crippen molar-refractivity contribution in [3.05, 3.63) is 123 Å². The van der Waals surface area contributed by atoms with Crippen molar-refractivity contribution in [3.8, 4) is 27.4 Å². The van der Waals surface area contributed by atoms with Crippen LogP contribution in [-0.4, -0.2) is 22.7 Å². The van der Waals surface area contributed by atoms with Gasteiger partial charge in [0.05, 0.1) is 10.7 Å². The van der Waals surface area contributed by atoms with Gasteiger partial charge in [0, 0.05) is 20.6 Å². The highest BCUT2D eigenvalue weighted by Gasteiger charge is 2.22. The van der Waals surface area contributed by atoms with Gasteiger partial charge in [0.1, 0.15) is 16.6 Å². The zero-order valence-corrected chi connectivity index (χ0v) is 25.7. The first-order valence-electron chi connectivity index (χ1n) is 13.4. The van der Waals surface area contributed by atoms with E-state index in [0.717, 1.165) is 49.8 Å². The quantitative estimate of drug-likeness (QED) is 0.158. The fourth-order valence-electron chi connectivity index (χ4n) is 4.60. The van der Waals surface area contributed by atoms with Crippen molar-refractivity contribution in [2.45, 2.75) is 37.3 Å². The van der Waals surface area contributed by atoms with Gasteiger partial charge in [-0.05, 0) is 79.8 Å². The molecule has 4 nitrogen and oxygen atoms in total. The molecule has 0 aliphatic heterocycles. The van der Waals surface area contributed by atoms with Gasteiger partial charge in [0.25, 0.3) is 0 Å². The third-order valence-electron chi connectivity index (χ3n) is 6.83. The molecule has 0 aliphatic rings. The summed E-state index contributed by atoms with van der Waals surface area (Å²) in [6, 6.07) is 27.3. The van der Waals surface area contributed by atoms with Crippen LogP contribution in [0.1, 0.15) is 32.5 Å². The number of hydrogen-bond acceptors (Lipinski definition) is 5. The normalized spacial score (nSPS) is 11.8. The standard InChI is InChI=1S/C34H29ClFNO3S2/c1-20-4-8-25(9-5-20)34-37-22(3)33(42-34)31(41-27-13-15-30(21(2)16-27)40-19-32(38)39)17-23-6-10-24(11-7-23)26-12-14-29(36)28(35)18-26/h4-16,18,31H,17,19H2,1-3H3,(H,38,39). The van der Waals surface area contributed by atoms with Gasteiger partial charge in [0.2, 0.25) is 0 Å². The average Bonchev–Trinajstić information content (AvgIpc) is 3.36. The van der Waals surface area contributed by atoms with Crippen molar-refractivity contribution in [2.24, 2.45) is 0 Å². The molecule has 0 spiro atoms. The highest BCUT2D eigenvalue weighted by Crippen LogP contribution is 2.44. The van der Waals surface area contributed by atoms with E-state index in [4.69, 9.17) is 26.4 Å². The smallest absolute Gasteiger partial charge is 0.341 e. The van der Waals surface area contributed by atoms with Crippen LogP contribution >= 0.6 is 34.7 Å². The van der Waals surface area contributed by atoms with Crippen molar-refractivity contribution >= 4 is 40.7 Å². The molecule has 0 radical (unpaired) electrons. The molecule has 1 atom stereocenters. The lowest BCUT2D eigenvalue weighted by Crippen LogP contribution is -2.10. The summed E-state index contributed by atoms with van der Waals surface area (Å²) in [4.78, 5) is 18.2. The molecule has 0 bridgehead atoms. The summed E-state index contributed by atoms with van der Waals surface area (Å²) >= 11 is 9.48. The van der Waals surface area contributed by atoms with Crippen molar-refractivity contribution in [1.82, 2.24) is 4.98 Å². The Morgan fingerprint density at radius 1 is 0.952 bits per heavy atom. The molecule has 0 aliphatic carbocycles. The number of carboxylic acids is 1. The van der Waals surface area contributed by atoms with Crippen LogP contribution in [0, 0.1) is 26.6 Å². The average molecular weight is 618 g/mol. The number of hydrogen-bond donors (Lipinski definition) is 1. The van der Waals surface area contributed by atoms with Gasteiger partial charge < -0.3 is 9.84 Å². The van der Waals surface area contributed by atoms with Gasteiger partial charge >= 0.3 is 5.97 Å². The second-order valence-electron chi connectivity index (χ2n) is 10.1. The second kappa shape index (κ2) is 13.1. The summed E-state index contributed by atoms with van der Waals surface area (Å²) in [6.07, 6.45) is 0.766. The molecule has 42 heavy (non-hydrogen) atoms. The number of rotatable bonds is 10. The van der Waals surface area contributed by atoms with Crippen LogP contribution in [0.3, 0.4) is 0 Å². The van der Waals surface area contributed by atoms with Gasteiger partial charge in [-0.15, -0.1) is 23.1 Å². The molecule has 5 rings (SSSR count). The number of nitrogens with zero attached hydrogens (tertiary/aromatic N) is 1. The third kappa shape index (κ3) is 7.21. The summed E-state index contributed by atoms with van der Waals surface area (Å²) in [6.45, 7) is 5.68. The third-order valence-corrected chi connectivity index (χ3v) is 9.80. The number of carboxylic acid groups (broad SMARTS) is 1. The summed E-state index contributed by atoms with van der Waals surface area (Å²) in [5, 5.41) is 10.2. The lowest BCUT2D eigenvalue weighted by atomic mass is 10.0. The van der Waals surface area contributed by atoms with E-state index in [9.17, 15) is 9.18 Å². The molecule has 0 saturated carbocycles. The highest BCUT2D eigenvalue weighted by molar-refractivity contribution is 7.99. The van der Waals surface area contributed by atoms with Gasteiger partial charge in [-0.2, -0.15) is 0 Å². The first-order chi connectivity index (χ1) is 20.2. The molecule has 4 aromatic carbocycles. The largest absolute Gasteiger partial charge is 0.482 e. The van der Waals surface area contributed by atoms with Crippen LogP contribution in [0.4, 0.5) is 4.39 Å². The van der Waals surface area contributed by atoms with E-state index >= 15 is 0 Å². The zero-order chi connectivity index (χ0) is 29.8. The van der Waals surface area contributed by atoms with Crippen LogP contribution in [-0.2, 0) is 11.2 Å². The topological polar surface area (TPSA) is 59.4 Å². The number of ether oxygens (including phenoxy) is 1. The zero-order valence-electron chi connectivity index (χ0n) is 23.4. The van der Waals surface area contributed by atoms with Gasteiger partial charge in [0.15, 0.2) is 6.61 Å². The minimum atomic E-state index is -1.01. The predicted molar refractivity (Wildman–Crippen MR) is 170 cm³/mol. The number of thioether (sulfide) groups is 1. The minimum Gasteiger partial charge on any atom is -0.482 e. The monoisotopic (exact) mass is 617 g/mol. The van der Waals surface area contributed by atoms with Crippen LogP contribution in [0.2, 0.25) is 5.02 Å². The van der Waals surface area contributed by atoms with E-state index in [1.54, 1.807) is 35.2 Å². The van der Waals surface area contributed by atoms with Gasteiger partial charge in [-0.1, -0.05) is 71.8 Å². The molecule has 0 saturated heterocycles. The van der Waals surface area contributed by atoms with Gasteiger partial charge in [-0.3, -0.25) is 0 Å². The maximum absolute atomic E-state index is 13.7. The molecule has 1 N–H and O–H groups in total. The maximum atomic E-state index is 13.7. The Hall–Kier alpha value is -3.65. The molecule has 8 heteroatoms. The Labute approximate surface area is 258 Å². The first-order valence-corrected chi connectivity index (χ1v) is 15.4. The Kier molecular flexibility index (Phi) is 9.31. The molecule has 1 aromatic heterocycles. The number of halogens is 2. The molecule has 1 heterocycles. The van der Waals surface area contributed by atoms with Crippen LogP contribution in [0.25, 0.3) is 21.7 Å². The van der Waals surface area contributed by atoms with Crippen molar-refractivity contribution in [1.29, 1.82) is 0 Å². The summed E-state index contributed by atoms with van der Waals surface area (Å²) in [5.74, 6) is -0.879. The van der Waals surface area contributed by atoms with Crippen LogP contribution in [0.15, 0.2) is 89.8 Å². The summed E-state index contributed by atoms with van der Waals surface area (Å²) < 4.78 is 19.1. The lowest BCUT2D eigenvalue weighted by molar-refractivity contribution is -0.139. The summed E-state index contributed by atoms with van der Waals surface area (Å²) in [7, 11) is 0. The number of aromatic nitrogens is 1. The Balaban J connectivity index is 1.44. The Morgan fingerprint density at radius 2 is 1.64 bits per heavy atom. The van der Waals surface area contributed by atoms with E-state index in [-0.39, 0.29) is 16.9 Å². The van der Waals surface area contributed by atoms with Gasteiger partial charge in [-0.25, -0.2) is 14.2 Å². The predicted octanol–water partition coefficient (Wildman–Crippen LogP) is 9.73. The minimum absolute atomic E-state index is 0.0815. The second-order valence-corrected chi connectivity index (χ2v) is 12.8. The number of carbonyl (C=O) groups is 1. The van der Waals surface area contributed by atoms with E-state index in [0.29, 0.717) is 5.75 Å². The number of aryl methyl sites for hydroxylation is 3. The molecular weight excluding hydrogens is 589 g/mol. The molecular formula is C34H29ClFNO3S2. The van der Waals surface area contributed by atoms with Crippen molar-refractivity contribution in [3.63, 3.8) is 0 Å². The van der Waals surface area contributed by atoms with E-state index in [2.05, 4.69) is 50.2 Å². The Bertz CT molecular complexity index is 1720. The van der Waals surface area contributed by atoms with Crippen LogP contribution in [0.5, 0.6) is 5.75 Å².